The third kappa shape index (κ3) is 5.78. The lowest BCUT2D eigenvalue weighted by Gasteiger charge is -2.29. The second kappa shape index (κ2) is 8.98. The zero-order chi connectivity index (χ0) is 19.2. The van der Waals surface area contributed by atoms with Gasteiger partial charge >= 0.3 is 0 Å². The standard InChI is InChI=1S/C20H25N5OS/c1-15(26)23-20-22-13-18(27-20)14-25-10-8-16(9-11-25)4-5-17-6-7-19(21-12-17)24(2)3/h6-7,12-13,16H,8-11,14H2,1-3H3,(H,22,23,26). The Morgan fingerprint density at radius 3 is 2.70 bits per heavy atom. The van der Waals surface area contributed by atoms with E-state index in [1.54, 1.807) is 11.3 Å². The van der Waals surface area contributed by atoms with E-state index in [1.807, 2.05) is 43.5 Å². The maximum atomic E-state index is 11.1. The van der Waals surface area contributed by atoms with E-state index in [-0.39, 0.29) is 5.91 Å². The van der Waals surface area contributed by atoms with Crippen molar-refractivity contribution in [3.8, 4) is 11.8 Å². The Morgan fingerprint density at radius 2 is 2.07 bits per heavy atom. The molecule has 0 bridgehead atoms. The number of rotatable bonds is 4. The first-order valence-corrected chi connectivity index (χ1v) is 9.91. The number of pyridine rings is 1. The van der Waals surface area contributed by atoms with Crippen LogP contribution in [0, 0.1) is 17.8 Å². The van der Waals surface area contributed by atoms with Gasteiger partial charge in [0, 0.05) is 56.3 Å². The van der Waals surface area contributed by atoms with Gasteiger partial charge in [0.1, 0.15) is 5.82 Å². The zero-order valence-corrected chi connectivity index (χ0v) is 16.8. The van der Waals surface area contributed by atoms with E-state index in [2.05, 4.69) is 32.0 Å². The minimum Gasteiger partial charge on any atom is -0.363 e. The third-order valence-electron chi connectivity index (χ3n) is 4.43. The molecule has 1 saturated heterocycles. The average molecular weight is 384 g/mol. The molecule has 6 nitrogen and oxygen atoms in total. The van der Waals surface area contributed by atoms with Gasteiger partial charge in [-0.15, -0.1) is 11.3 Å². The van der Waals surface area contributed by atoms with E-state index in [4.69, 9.17) is 0 Å². The Kier molecular flexibility index (Phi) is 6.43. The van der Waals surface area contributed by atoms with Crippen LogP contribution >= 0.6 is 11.3 Å². The number of hydrogen-bond donors (Lipinski definition) is 1. The molecule has 3 heterocycles. The van der Waals surface area contributed by atoms with E-state index >= 15 is 0 Å². The average Bonchev–Trinajstić information content (AvgIpc) is 3.07. The molecule has 3 rings (SSSR count). The van der Waals surface area contributed by atoms with Crippen LogP contribution in [-0.4, -0.2) is 48.0 Å². The molecule has 7 heteroatoms. The fourth-order valence-corrected chi connectivity index (χ4v) is 3.86. The topological polar surface area (TPSA) is 61.4 Å². The second-order valence-corrected chi connectivity index (χ2v) is 8.05. The summed E-state index contributed by atoms with van der Waals surface area (Å²) in [7, 11) is 3.96. The highest BCUT2D eigenvalue weighted by molar-refractivity contribution is 7.15. The number of thiazole rings is 1. The van der Waals surface area contributed by atoms with Crippen molar-refractivity contribution in [3.63, 3.8) is 0 Å². The molecule has 0 atom stereocenters. The number of amides is 1. The predicted octanol–water partition coefficient (Wildman–Crippen LogP) is 2.83. The molecular weight excluding hydrogens is 358 g/mol. The Morgan fingerprint density at radius 1 is 1.30 bits per heavy atom. The first-order valence-electron chi connectivity index (χ1n) is 9.09. The molecule has 142 valence electrons. The van der Waals surface area contributed by atoms with E-state index < -0.39 is 0 Å². The number of hydrogen-bond acceptors (Lipinski definition) is 6. The molecule has 27 heavy (non-hydrogen) atoms. The van der Waals surface area contributed by atoms with Crippen LogP contribution in [0.15, 0.2) is 24.5 Å². The summed E-state index contributed by atoms with van der Waals surface area (Å²) in [6, 6.07) is 4.03. The minimum atomic E-state index is -0.0816. The van der Waals surface area contributed by atoms with Gasteiger partial charge in [-0.25, -0.2) is 9.97 Å². The number of carbonyl (C=O) groups excluding carboxylic acids is 1. The summed E-state index contributed by atoms with van der Waals surface area (Å²) in [4.78, 5) is 25.3. The Labute approximate surface area is 164 Å². The molecule has 0 radical (unpaired) electrons. The van der Waals surface area contributed by atoms with Gasteiger partial charge in [-0.2, -0.15) is 0 Å². The first-order chi connectivity index (χ1) is 13.0. The van der Waals surface area contributed by atoms with Crippen molar-refractivity contribution < 1.29 is 4.79 Å². The molecule has 0 aromatic carbocycles. The Bertz CT molecular complexity index is 826. The summed E-state index contributed by atoms with van der Waals surface area (Å²) in [5.74, 6) is 7.98. The number of piperidine rings is 1. The van der Waals surface area contributed by atoms with E-state index in [1.165, 1.54) is 11.8 Å². The summed E-state index contributed by atoms with van der Waals surface area (Å²) >= 11 is 1.54. The number of nitrogens with one attached hydrogen (secondary N) is 1. The van der Waals surface area contributed by atoms with Crippen molar-refractivity contribution in [2.45, 2.75) is 26.3 Å². The smallest absolute Gasteiger partial charge is 0.223 e. The Balaban J connectivity index is 1.48. The third-order valence-corrected chi connectivity index (χ3v) is 5.33. The molecule has 2 aromatic rings. The summed E-state index contributed by atoms with van der Waals surface area (Å²) < 4.78 is 0. The number of anilines is 2. The minimum absolute atomic E-state index is 0.0816. The largest absolute Gasteiger partial charge is 0.363 e. The van der Waals surface area contributed by atoms with Crippen molar-refractivity contribution in [2.75, 3.05) is 37.4 Å². The number of nitrogens with zero attached hydrogens (tertiary/aromatic N) is 4. The molecule has 1 aliphatic rings. The van der Waals surface area contributed by atoms with Crippen LogP contribution in [0.2, 0.25) is 0 Å². The molecule has 1 N–H and O–H groups in total. The van der Waals surface area contributed by atoms with Crippen molar-refractivity contribution >= 4 is 28.2 Å². The van der Waals surface area contributed by atoms with Crippen molar-refractivity contribution in [1.82, 2.24) is 14.9 Å². The highest BCUT2D eigenvalue weighted by atomic mass is 32.1. The fourth-order valence-electron chi connectivity index (χ4n) is 2.95. The monoisotopic (exact) mass is 383 g/mol. The number of likely N-dealkylation sites (tertiary alicyclic amines) is 1. The molecule has 1 fully saturated rings. The van der Waals surface area contributed by atoms with Gasteiger partial charge in [0.05, 0.1) is 0 Å². The van der Waals surface area contributed by atoms with Crippen molar-refractivity contribution in [3.05, 3.63) is 35.0 Å². The lowest BCUT2D eigenvalue weighted by atomic mass is 9.97. The van der Waals surface area contributed by atoms with E-state index in [0.29, 0.717) is 11.0 Å². The molecule has 0 unspecified atom stereocenters. The predicted molar refractivity (Wildman–Crippen MR) is 110 cm³/mol. The van der Waals surface area contributed by atoms with Gasteiger partial charge in [-0.3, -0.25) is 9.69 Å². The summed E-state index contributed by atoms with van der Waals surface area (Å²) in [5.41, 5.74) is 0.971. The molecular formula is C20H25N5OS. The summed E-state index contributed by atoms with van der Waals surface area (Å²) in [5, 5.41) is 3.41. The first kappa shape index (κ1) is 19.3. The highest BCUT2D eigenvalue weighted by Crippen LogP contribution is 2.23. The lowest BCUT2D eigenvalue weighted by Crippen LogP contribution is -2.32. The van der Waals surface area contributed by atoms with Crippen LogP contribution < -0.4 is 10.2 Å². The molecule has 1 amide bonds. The Hall–Kier alpha value is -2.43. The summed E-state index contributed by atoms with van der Waals surface area (Å²) in [6.45, 7) is 4.45. The van der Waals surface area contributed by atoms with E-state index in [9.17, 15) is 4.79 Å². The fraction of sp³-hybridized carbons (Fsp3) is 0.450. The number of carbonyl (C=O) groups is 1. The summed E-state index contributed by atoms with van der Waals surface area (Å²) in [6.07, 6.45) is 5.85. The zero-order valence-electron chi connectivity index (χ0n) is 16.0. The van der Waals surface area contributed by atoms with Gasteiger partial charge in [0.2, 0.25) is 5.91 Å². The lowest BCUT2D eigenvalue weighted by molar-refractivity contribution is -0.114. The van der Waals surface area contributed by atoms with Crippen LogP contribution in [0.4, 0.5) is 10.9 Å². The maximum Gasteiger partial charge on any atom is 0.223 e. The van der Waals surface area contributed by atoms with Gasteiger partial charge < -0.3 is 10.2 Å². The van der Waals surface area contributed by atoms with Crippen LogP contribution in [0.25, 0.3) is 0 Å². The van der Waals surface area contributed by atoms with Crippen molar-refractivity contribution in [1.29, 1.82) is 0 Å². The van der Waals surface area contributed by atoms with Gasteiger partial charge in [-0.05, 0) is 38.1 Å². The van der Waals surface area contributed by atoms with Crippen molar-refractivity contribution in [2.24, 2.45) is 5.92 Å². The van der Waals surface area contributed by atoms with E-state index in [0.717, 1.165) is 43.9 Å². The molecule has 0 aliphatic carbocycles. The van der Waals surface area contributed by atoms with Gasteiger partial charge in [0.15, 0.2) is 5.13 Å². The second-order valence-electron chi connectivity index (χ2n) is 6.93. The van der Waals surface area contributed by atoms with Crippen LogP contribution in [0.5, 0.6) is 0 Å². The highest BCUT2D eigenvalue weighted by Gasteiger charge is 2.18. The van der Waals surface area contributed by atoms with Crippen LogP contribution in [-0.2, 0) is 11.3 Å². The van der Waals surface area contributed by atoms with Gasteiger partial charge in [-0.1, -0.05) is 11.8 Å². The normalized spacial score (nSPS) is 15.1. The molecule has 1 aliphatic heterocycles. The molecule has 0 spiro atoms. The van der Waals surface area contributed by atoms with Crippen LogP contribution in [0.1, 0.15) is 30.2 Å². The molecule has 0 saturated carbocycles. The molecule has 2 aromatic heterocycles. The quantitative estimate of drug-likeness (QED) is 0.823. The maximum absolute atomic E-state index is 11.1. The van der Waals surface area contributed by atoms with Gasteiger partial charge in [0.25, 0.3) is 0 Å². The SMILES string of the molecule is CC(=O)Nc1ncc(CN2CCC(C#Cc3ccc(N(C)C)nc3)CC2)s1. The number of aromatic nitrogens is 2. The van der Waals surface area contributed by atoms with Crippen LogP contribution in [0.3, 0.4) is 0 Å².